The molecular weight excluding hydrogens is 416 g/mol. The van der Waals surface area contributed by atoms with Gasteiger partial charge in [0.05, 0.1) is 7.11 Å². The van der Waals surface area contributed by atoms with E-state index >= 15 is 0 Å². The topological polar surface area (TPSA) is 87.3 Å². The van der Waals surface area contributed by atoms with E-state index in [-0.39, 0.29) is 11.8 Å². The average molecular weight is 445 g/mol. The first-order valence-electron chi connectivity index (χ1n) is 11.5. The zero-order chi connectivity index (χ0) is 22.8. The van der Waals surface area contributed by atoms with E-state index in [1.165, 1.54) is 0 Å². The number of ether oxygens (including phenoxy) is 1. The Balaban J connectivity index is 1.39. The molecular formula is C26H28N4O3. The van der Waals surface area contributed by atoms with Gasteiger partial charge >= 0.3 is 0 Å². The van der Waals surface area contributed by atoms with E-state index in [1.807, 2.05) is 42.5 Å². The minimum absolute atomic E-state index is 0.117. The molecule has 1 saturated heterocycles. The van der Waals surface area contributed by atoms with Gasteiger partial charge in [-0.25, -0.2) is 0 Å². The molecule has 7 nitrogen and oxygen atoms in total. The van der Waals surface area contributed by atoms with Crippen LogP contribution in [0, 0.1) is 0 Å². The zero-order valence-corrected chi connectivity index (χ0v) is 18.8. The molecule has 0 bridgehead atoms. The van der Waals surface area contributed by atoms with Crippen molar-refractivity contribution in [1.29, 1.82) is 0 Å². The molecule has 1 fully saturated rings. The lowest BCUT2D eigenvalue weighted by Crippen LogP contribution is -2.58. The number of piperazine rings is 1. The largest absolute Gasteiger partial charge is 0.497 e. The van der Waals surface area contributed by atoms with Crippen LogP contribution in [0.3, 0.4) is 0 Å². The van der Waals surface area contributed by atoms with E-state index < -0.39 is 6.04 Å². The van der Waals surface area contributed by atoms with Crippen LogP contribution in [0.2, 0.25) is 0 Å². The molecule has 5 rings (SSSR count). The summed E-state index contributed by atoms with van der Waals surface area (Å²) in [4.78, 5) is 28.0. The summed E-state index contributed by atoms with van der Waals surface area (Å²) in [5, 5.41) is 10.3. The van der Waals surface area contributed by atoms with Gasteiger partial charge < -0.3 is 15.0 Å². The van der Waals surface area contributed by atoms with Crippen molar-refractivity contribution in [3.05, 3.63) is 71.0 Å². The number of benzene rings is 2. The third-order valence-corrected chi connectivity index (χ3v) is 6.63. The Morgan fingerprint density at radius 1 is 1.12 bits per heavy atom. The number of aryl methyl sites for hydroxylation is 1. The maximum absolute atomic E-state index is 13.5. The molecule has 0 radical (unpaired) electrons. The van der Waals surface area contributed by atoms with Crippen molar-refractivity contribution in [2.24, 2.45) is 0 Å². The highest BCUT2D eigenvalue weighted by Gasteiger charge is 2.36. The van der Waals surface area contributed by atoms with Crippen LogP contribution in [-0.2, 0) is 24.1 Å². The van der Waals surface area contributed by atoms with Crippen LogP contribution in [-0.4, -0.2) is 53.2 Å². The molecule has 1 aromatic heterocycles. The first kappa shape index (κ1) is 21.2. The van der Waals surface area contributed by atoms with E-state index in [4.69, 9.17) is 4.74 Å². The third kappa shape index (κ3) is 4.23. The number of carbonyl (C=O) groups is 2. The maximum Gasteiger partial charge on any atom is 0.275 e. The fourth-order valence-corrected chi connectivity index (χ4v) is 4.84. The highest BCUT2D eigenvalue weighted by atomic mass is 16.5. The SMILES string of the molecule is COc1ccc(-c2cccc(C[C@@H]3C(=O)NCCN3C(=O)c3n[nH]c4c3CCCC4)c2)cc1. The van der Waals surface area contributed by atoms with Crippen molar-refractivity contribution in [2.75, 3.05) is 20.2 Å². The number of amides is 2. The summed E-state index contributed by atoms with van der Waals surface area (Å²) in [6.07, 6.45) is 4.42. The van der Waals surface area contributed by atoms with Gasteiger partial charge in [-0.05, 0) is 54.5 Å². The van der Waals surface area contributed by atoms with E-state index in [1.54, 1.807) is 12.0 Å². The number of hydrogen-bond donors (Lipinski definition) is 2. The third-order valence-electron chi connectivity index (χ3n) is 6.63. The van der Waals surface area contributed by atoms with Crippen LogP contribution in [0.5, 0.6) is 5.75 Å². The van der Waals surface area contributed by atoms with Crippen LogP contribution in [0.25, 0.3) is 11.1 Å². The highest BCUT2D eigenvalue weighted by Crippen LogP contribution is 2.26. The number of aromatic nitrogens is 2. The molecule has 33 heavy (non-hydrogen) atoms. The highest BCUT2D eigenvalue weighted by molar-refractivity contribution is 5.98. The fourth-order valence-electron chi connectivity index (χ4n) is 4.84. The molecule has 2 aromatic carbocycles. The number of methoxy groups -OCH3 is 1. The van der Waals surface area contributed by atoms with Gasteiger partial charge in [-0.15, -0.1) is 0 Å². The van der Waals surface area contributed by atoms with Crippen LogP contribution in [0.1, 0.15) is 40.2 Å². The second kappa shape index (κ2) is 9.10. The van der Waals surface area contributed by atoms with Crippen molar-refractivity contribution in [1.82, 2.24) is 20.4 Å². The molecule has 170 valence electrons. The number of aromatic amines is 1. The Hall–Kier alpha value is -3.61. The monoisotopic (exact) mass is 444 g/mol. The first-order valence-corrected chi connectivity index (χ1v) is 11.5. The first-order chi connectivity index (χ1) is 16.1. The Bertz CT molecular complexity index is 1170. The summed E-state index contributed by atoms with van der Waals surface area (Å²) < 4.78 is 5.25. The lowest BCUT2D eigenvalue weighted by atomic mass is 9.94. The number of carbonyl (C=O) groups excluding carboxylic acids is 2. The second-order valence-corrected chi connectivity index (χ2v) is 8.67. The molecule has 1 aliphatic carbocycles. The average Bonchev–Trinajstić information content (AvgIpc) is 3.29. The Morgan fingerprint density at radius 3 is 2.76 bits per heavy atom. The summed E-state index contributed by atoms with van der Waals surface area (Å²) in [5.41, 5.74) is 5.71. The van der Waals surface area contributed by atoms with E-state index in [0.29, 0.717) is 25.2 Å². The molecule has 3 aromatic rings. The smallest absolute Gasteiger partial charge is 0.275 e. The van der Waals surface area contributed by atoms with Gasteiger partial charge in [-0.2, -0.15) is 5.10 Å². The minimum atomic E-state index is -0.562. The van der Waals surface area contributed by atoms with Crippen molar-refractivity contribution >= 4 is 11.8 Å². The molecule has 0 saturated carbocycles. The predicted molar refractivity (Wildman–Crippen MR) is 125 cm³/mol. The van der Waals surface area contributed by atoms with Gasteiger partial charge in [0.25, 0.3) is 5.91 Å². The predicted octanol–water partition coefficient (Wildman–Crippen LogP) is 3.15. The maximum atomic E-state index is 13.5. The van der Waals surface area contributed by atoms with Crippen molar-refractivity contribution in [3.8, 4) is 16.9 Å². The van der Waals surface area contributed by atoms with Crippen LogP contribution >= 0.6 is 0 Å². The Morgan fingerprint density at radius 2 is 1.94 bits per heavy atom. The van der Waals surface area contributed by atoms with Gasteiger partial charge in [-0.3, -0.25) is 14.7 Å². The molecule has 0 unspecified atom stereocenters. The number of rotatable bonds is 5. The molecule has 2 amide bonds. The Kier molecular flexibility index (Phi) is 5.86. The summed E-state index contributed by atoms with van der Waals surface area (Å²) in [5.74, 6) is 0.540. The lowest BCUT2D eigenvalue weighted by Gasteiger charge is -2.35. The van der Waals surface area contributed by atoms with Crippen LogP contribution < -0.4 is 10.1 Å². The van der Waals surface area contributed by atoms with Crippen LogP contribution in [0.4, 0.5) is 0 Å². The summed E-state index contributed by atoms with van der Waals surface area (Å²) >= 11 is 0. The molecule has 2 aliphatic rings. The number of nitrogens with one attached hydrogen (secondary N) is 2. The lowest BCUT2D eigenvalue weighted by molar-refractivity contribution is -0.127. The van der Waals surface area contributed by atoms with Gasteiger partial charge in [0.15, 0.2) is 5.69 Å². The van der Waals surface area contributed by atoms with Gasteiger partial charge in [-0.1, -0.05) is 36.4 Å². The summed E-state index contributed by atoms with van der Waals surface area (Å²) in [6.45, 7) is 0.939. The quantitative estimate of drug-likeness (QED) is 0.633. The number of hydrogen-bond acceptors (Lipinski definition) is 4. The van der Waals surface area contributed by atoms with Gasteiger partial charge in [0.1, 0.15) is 11.8 Å². The van der Waals surface area contributed by atoms with Crippen molar-refractivity contribution in [2.45, 2.75) is 38.1 Å². The van der Waals surface area contributed by atoms with Gasteiger partial charge in [0.2, 0.25) is 5.91 Å². The Labute approximate surface area is 193 Å². The van der Waals surface area contributed by atoms with Crippen LogP contribution in [0.15, 0.2) is 48.5 Å². The summed E-state index contributed by atoms with van der Waals surface area (Å²) in [7, 11) is 1.65. The fraction of sp³-hybridized carbons (Fsp3) is 0.346. The minimum Gasteiger partial charge on any atom is -0.497 e. The zero-order valence-electron chi connectivity index (χ0n) is 18.8. The molecule has 1 atom stereocenters. The normalized spacial score (nSPS) is 17.9. The standard InChI is InChI=1S/C26H28N4O3/c1-33-20-11-9-18(10-12-20)19-6-4-5-17(15-19)16-23-25(31)27-13-14-30(23)26(32)24-21-7-2-3-8-22(21)28-29-24/h4-6,9-12,15,23H,2-3,7-8,13-14,16H2,1H3,(H,27,31)(H,28,29)/t23-/m1/s1. The molecule has 7 heteroatoms. The number of fused-ring (bicyclic) bond motifs is 1. The molecule has 0 spiro atoms. The van der Waals surface area contributed by atoms with Crippen molar-refractivity contribution in [3.63, 3.8) is 0 Å². The second-order valence-electron chi connectivity index (χ2n) is 8.67. The molecule has 2 heterocycles. The molecule has 2 N–H and O–H groups in total. The van der Waals surface area contributed by atoms with E-state index in [0.717, 1.165) is 59.4 Å². The summed E-state index contributed by atoms with van der Waals surface area (Å²) in [6, 6.07) is 15.5. The van der Waals surface area contributed by atoms with Gasteiger partial charge in [0, 0.05) is 30.8 Å². The number of H-pyrrole nitrogens is 1. The van der Waals surface area contributed by atoms with E-state index in [2.05, 4.69) is 21.6 Å². The number of nitrogens with zero attached hydrogens (tertiary/aromatic N) is 2. The molecule has 1 aliphatic heterocycles. The van der Waals surface area contributed by atoms with E-state index in [9.17, 15) is 9.59 Å². The van der Waals surface area contributed by atoms with Crippen molar-refractivity contribution < 1.29 is 14.3 Å².